The molecule has 0 bridgehead atoms. The van der Waals surface area contributed by atoms with E-state index in [1.807, 2.05) is 19.1 Å². The number of benzene rings is 1. The zero-order valence-corrected chi connectivity index (χ0v) is 15.2. The second kappa shape index (κ2) is 10.0. The number of nitrogens with two attached hydrogens (primary N) is 1. The van der Waals surface area contributed by atoms with Crippen LogP contribution in [0.4, 0.5) is 5.69 Å². The number of rotatable bonds is 9. The molecule has 5 heteroatoms. The van der Waals surface area contributed by atoms with E-state index in [1.54, 1.807) is 6.07 Å². The van der Waals surface area contributed by atoms with Gasteiger partial charge in [0, 0.05) is 17.2 Å². The van der Waals surface area contributed by atoms with Crippen LogP contribution in [0.2, 0.25) is 5.02 Å². The lowest BCUT2D eigenvalue weighted by atomic mass is 10.0. The molecule has 0 aromatic heterocycles. The molecule has 2 unspecified atom stereocenters. The van der Waals surface area contributed by atoms with Crippen molar-refractivity contribution < 1.29 is 9.53 Å². The lowest BCUT2D eigenvalue weighted by Gasteiger charge is -2.26. The Kier molecular flexibility index (Phi) is 8.72. The van der Waals surface area contributed by atoms with Gasteiger partial charge >= 0.3 is 5.97 Å². The second-order valence-corrected chi connectivity index (χ2v) is 6.82. The summed E-state index contributed by atoms with van der Waals surface area (Å²) in [6, 6.07) is 5.56. The van der Waals surface area contributed by atoms with Crippen molar-refractivity contribution in [3.8, 4) is 0 Å². The number of anilines is 1. The first-order chi connectivity index (χ1) is 10.5. The van der Waals surface area contributed by atoms with Crippen LogP contribution >= 0.6 is 23.4 Å². The summed E-state index contributed by atoms with van der Waals surface area (Å²) in [6.45, 7) is 6.11. The summed E-state index contributed by atoms with van der Waals surface area (Å²) in [7, 11) is 0. The third kappa shape index (κ3) is 5.73. The Morgan fingerprint density at radius 2 is 2.09 bits per heavy atom. The molecule has 0 saturated carbocycles. The maximum Gasteiger partial charge on any atom is 0.306 e. The standard InChI is InChI=1S/C17H26ClNO2S/c1-4-7-9-12(5-2)17(21-15(20)6-3)22-14-11-8-10-13(19)16(14)18/h8,10-12,17H,4-7,9,19H2,1-3H3. The first-order valence-corrected chi connectivity index (χ1v) is 9.19. The molecule has 0 saturated heterocycles. The molecule has 1 aromatic rings. The van der Waals surface area contributed by atoms with Gasteiger partial charge < -0.3 is 10.5 Å². The fourth-order valence-electron chi connectivity index (χ4n) is 2.17. The summed E-state index contributed by atoms with van der Waals surface area (Å²) in [5, 5.41) is 0.537. The normalized spacial score (nSPS) is 13.6. The minimum Gasteiger partial charge on any atom is -0.451 e. The number of nitrogen functional groups attached to an aromatic ring is 1. The van der Waals surface area contributed by atoms with Gasteiger partial charge in [0.15, 0.2) is 5.44 Å². The predicted octanol–water partition coefficient (Wildman–Crippen LogP) is 5.51. The Labute approximate surface area is 142 Å². The van der Waals surface area contributed by atoms with E-state index < -0.39 is 0 Å². The van der Waals surface area contributed by atoms with Gasteiger partial charge in [0.2, 0.25) is 0 Å². The van der Waals surface area contributed by atoms with E-state index in [-0.39, 0.29) is 11.4 Å². The van der Waals surface area contributed by atoms with Crippen molar-refractivity contribution in [2.24, 2.45) is 5.92 Å². The summed E-state index contributed by atoms with van der Waals surface area (Å²) in [6.07, 6.45) is 4.65. The highest BCUT2D eigenvalue weighted by Gasteiger charge is 2.25. The van der Waals surface area contributed by atoms with Gasteiger partial charge in [-0.3, -0.25) is 4.79 Å². The third-order valence-corrected chi connectivity index (χ3v) is 5.45. The first-order valence-electron chi connectivity index (χ1n) is 7.93. The predicted molar refractivity (Wildman–Crippen MR) is 95.2 cm³/mol. The number of halogens is 1. The molecule has 0 spiro atoms. The lowest BCUT2D eigenvalue weighted by Crippen LogP contribution is -2.23. The number of carbonyl (C=O) groups excluding carboxylic acids is 1. The van der Waals surface area contributed by atoms with Gasteiger partial charge in [-0.2, -0.15) is 0 Å². The number of ether oxygens (including phenoxy) is 1. The Bertz CT molecular complexity index is 482. The molecule has 3 nitrogen and oxygen atoms in total. The topological polar surface area (TPSA) is 52.3 Å². The zero-order chi connectivity index (χ0) is 16.5. The average Bonchev–Trinajstić information content (AvgIpc) is 2.52. The molecule has 124 valence electrons. The van der Waals surface area contributed by atoms with Crippen LogP contribution in [0.5, 0.6) is 0 Å². The van der Waals surface area contributed by atoms with E-state index in [0.29, 0.717) is 23.0 Å². The van der Waals surface area contributed by atoms with E-state index in [1.165, 1.54) is 11.8 Å². The Morgan fingerprint density at radius 3 is 2.68 bits per heavy atom. The van der Waals surface area contributed by atoms with Crippen molar-refractivity contribution in [1.29, 1.82) is 0 Å². The van der Waals surface area contributed by atoms with Gasteiger partial charge in [-0.15, -0.1) is 0 Å². The number of hydrogen-bond acceptors (Lipinski definition) is 4. The van der Waals surface area contributed by atoms with Gasteiger partial charge in [0.05, 0.1) is 10.7 Å². The average molecular weight is 344 g/mol. The number of esters is 1. The van der Waals surface area contributed by atoms with Crippen LogP contribution in [-0.4, -0.2) is 11.4 Å². The highest BCUT2D eigenvalue weighted by Crippen LogP contribution is 2.39. The highest BCUT2D eigenvalue weighted by molar-refractivity contribution is 8.00. The molecule has 0 aliphatic carbocycles. The largest absolute Gasteiger partial charge is 0.451 e. The van der Waals surface area contributed by atoms with E-state index >= 15 is 0 Å². The molecule has 2 atom stereocenters. The zero-order valence-electron chi connectivity index (χ0n) is 13.6. The molecule has 0 aliphatic rings. The summed E-state index contributed by atoms with van der Waals surface area (Å²) in [4.78, 5) is 12.6. The van der Waals surface area contributed by atoms with Gasteiger partial charge in [-0.1, -0.05) is 63.0 Å². The Morgan fingerprint density at radius 1 is 1.36 bits per heavy atom. The van der Waals surface area contributed by atoms with Crippen molar-refractivity contribution in [3.63, 3.8) is 0 Å². The summed E-state index contributed by atoms with van der Waals surface area (Å²) < 4.78 is 5.67. The minimum atomic E-state index is -0.219. The molecule has 1 aromatic carbocycles. The van der Waals surface area contributed by atoms with E-state index in [4.69, 9.17) is 22.1 Å². The van der Waals surface area contributed by atoms with Gasteiger partial charge in [0.1, 0.15) is 0 Å². The van der Waals surface area contributed by atoms with Crippen LogP contribution in [-0.2, 0) is 9.53 Å². The molecule has 1 rings (SSSR count). The minimum absolute atomic E-state index is 0.174. The molecule has 0 aliphatic heterocycles. The fourth-order valence-corrected chi connectivity index (χ4v) is 3.74. The maximum absolute atomic E-state index is 11.8. The highest BCUT2D eigenvalue weighted by atomic mass is 35.5. The van der Waals surface area contributed by atoms with Crippen molar-refractivity contribution in [1.82, 2.24) is 0 Å². The molecule has 2 N–H and O–H groups in total. The number of unbranched alkanes of at least 4 members (excludes halogenated alkanes) is 1. The first kappa shape index (κ1) is 19.2. The monoisotopic (exact) mass is 343 g/mol. The van der Waals surface area contributed by atoms with Crippen LogP contribution in [0.1, 0.15) is 52.9 Å². The quantitative estimate of drug-likeness (QED) is 0.278. The SMILES string of the molecule is CCCCC(CC)C(OC(=O)CC)Sc1cccc(N)c1Cl. The van der Waals surface area contributed by atoms with E-state index in [0.717, 1.165) is 30.6 Å². The molecule has 22 heavy (non-hydrogen) atoms. The number of hydrogen-bond donors (Lipinski definition) is 1. The van der Waals surface area contributed by atoms with Crippen LogP contribution < -0.4 is 5.73 Å². The summed E-state index contributed by atoms with van der Waals surface area (Å²) in [5.41, 5.74) is 6.19. The second-order valence-electron chi connectivity index (χ2n) is 5.30. The van der Waals surface area contributed by atoms with Crippen LogP contribution in [0.3, 0.4) is 0 Å². The third-order valence-electron chi connectivity index (χ3n) is 3.61. The van der Waals surface area contributed by atoms with Crippen molar-refractivity contribution >= 4 is 35.0 Å². The van der Waals surface area contributed by atoms with Crippen molar-refractivity contribution in [2.75, 3.05) is 5.73 Å². The number of thioether (sulfide) groups is 1. The molecule has 0 heterocycles. The van der Waals surface area contributed by atoms with Crippen molar-refractivity contribution in [2.45, 2.75) is 63.2 Å². The molecule has 0 fully saturated rings. The molecule has 0 radical (unpaired) electrons. The van der Waals surface area contributed by atoms with Gasteiger partial charge in [-0.25, -0.2) is 0 Å². The lowest BCUT2D eigenvalue weighted by molar-refractivity contribution is -0.146. The molecular formula is C17H26ClNO2S. The Hall–Kier alpha value is -0.870. The van der Waals surface area contributed by atoms with E-state index in [9.17, 15) is 4.79 Å². The maximum atomic E-state index is 11.8. The van der Waals surface area contributed by atoms with Crippen LogP contribution in [0.25, 0.3) is 0 Å². The van der Waals surface area contributed by atoms with Crippen LogP contribution in [0.15, 0.2) is 23.1 Å². The van der Waals surface area contributed by atoms with Gasteiger partial charge in [-0.05, 0) is 25.0 Å². The van der Waals surface area contributed by atoms with E-state index in [2.05, 4.69) is 13.8 Å². The molecule has 0 amide bonds. The van der Waals surface area contributed by atoms with Crippen molar-refractivity contribution in [3.05, 3.63) is 23.2 Å². The smallest absolute Gasteiger partial charge is 0.306 e. The fraction of sp³-hybridized carbons (Fsp3) is 0.588. The molecular weight excluding hydrogens is 318 g/mol. The summed E-state index contributed by atoms with van der Waals surface area (Å²) in [5.74, 6) is 0.144. The number of carbonyl (C=O) groups is 1. The van der Waals surface area contributed by atoms with Gasteiger partial charge in [0.25, 0.3) is 0 Å². The summed E-state index contributed by atoms with van der Waals surface area (Å²) >= 11 is 7.77. The van der Waals surface area contributed by atoms with Crippen LogP contribution in [0, 0.1) is 5.92 Å². The Balaban J connectivity index is 2.93.